The van der Waals surface area contributed by atoms with Gasteiger partial charge in [0.1, 0.15) is 5.15 Å². The number of ketones is 1. The van der Waals surface area contributed by atoms with Crippen LogP contribution in [0, 0.1) is 0 Å². The zero-order valence-electron chi connectivity index (χ0n) is 9.28. The zero-order chi connectivity index (χ0) is 14.0. The Morgan fingerprint density at radius 2 is 1.95 bits per heavy atom. The van der Waals surface area contributed by atoms with E-state index >= 15 is 0 Å². The van der Waals surface area contributed by atoms with E-state index in [9.17, 15) is 18.0 Å². The number of nitrogens with zero attached hydrogens (tertiary/aromatic N) is 2. The molecule has 0 unspecified atom stereocenters. The molecule has 0 aliphatic heterocycles. The number of aromatic nitrogens is 2. The van der Waals surface area contributed by atoms with Crippen LogP contribution in [-0.4, -0.2) is 15.8 Å². The minimum atomic E-state index is -4.62. The molecule has 0 bridgehead atoms. The molecule has 3 nitrogen and oxygen atoms in total. The van der Waals surface area contributed by atoms with Gasteiger partial charge in [0.15, 0.2) is 5.78 Å². The average Bonchev–Trinajstić information content (AvgIpc) is 2.37. The summed E-state index contributed by atoms with van der Waals surface area (Å²) in [7, 11) is 0. The smallest absolute Gasteiger partial charge is 0.289 e. The summed E-state index contributed by atoms with van der Waals surface area (Å²) in [6.07, 6.45) is -1.50. The summed E-state index contributed by atoms with van der Waals surface area (Å²) in [5, 5.41) is 0.0308. The number of hydrogen-bond donors (Lipinski definition) is 0. The Hall–Kier alpha value is -1.95. The second kappa shape index (κ2) is 4.97. The fraction of sp³-hybridized carbons (Fsp3) is 0.0833. The summed E-state index contributed by atoms with van der Waals surface area (Å²) in [6, 6.07) is 3.26. The van der Waals surface area contributed by atoms with Gasteiger partial charge in [-0.1, -0.05) is 11.6 Å². The first kappa shape index (κ1) is 13.5. The molecular formula is C12H6ClF3N2O. The van der Waals surface area contributed by atoms with Gasteiger partial charge in [-0.25, -0.2) is 4.98 Å². The van der Waals surface area contributed by atoms with E-state index in [1.54, 1.807) is 0 Å². The second-order valence-corrected chi connectivity index (χ2v) is 4.00. The standard InChI is InChI=1S/C12H6ClF3N2O/c13-10-5-7(1-4-18-10)11(19)8-6-17-3-2-9(8)12(14,15)16/h1-6H. The van der Waals surface area contributed by atoms with Crippen molar-refractivity contribution >= 4 is 17.4 Å². The van der Waals surface area contributed by atoms with E-state index in [0.717, 1.165) is 18.5 Å². The number of rotatable bonds is 2. The molecule has 2 aromatic rings. The fourth-order valence-corrected chi connectivity index (χ4v) is 1.70. The summed E-state index contributed by atoms with van der Waals surface area (Å²) < 4.78 is 38.4. The van der Waals surface area contributed by atoms with Crippen LogP contribution in [0.1, 0.15) is 21.5 Å². The van der Waals surface area contributed by atoms with Crippen LogP contribution >= 0.6 is 11.6 Å². The molecule has 0 saturated heterocycles. The van der Waals surface area contributed by atoms with Gasteiger partial charge in [0.05, 0.1) is 11.1 Å². The second-order valence-electron chi connectivity index (χ2n) is 3.62. The molecule has 2 aromatic heterocycles. The van der Waals surface area contributed by atoms with Gasteiger partial charge in [-0.15, -0.1) is 0 Å². The summed E-state index contributed by atoms with van der Waals surface area (Å²) in [5.41, 5.74) is -1.52. The molecule has 2 rings (SSSR count). The third-order valence-corrected chi connectivity index (χ3v) is 2.57. The predicted molar refractivity (Wildman–Crippen MR) is 61.9 cm³/mol. The molecule has 0 saturated carbocycles. The van der Waals surface area contributed by atoms with Gasteiger partial charge in [-0.2, -0.15) is 13.2 Å². The number of pyridine rings is 2. The third kappa shape index (κ3) is 2.90. The lowest BCUT2D eigenvalue weighted by molar-refractivity contribution is -0.137. The molecule has 0 atom stereocenters. The molecule has 0 aromatic carbocycles. The first-order valence-electron chi connectivity index (χ1n) is 5.07. The molecule has 98 valence electrons. The van der Waals surface area contributed by atoms with Gasteiger partial charge in [-0.05, 0) is 18.2 Å². The topological polar surface area (TPSA) is 42.9 Å². The van der Waals surface area contributed by atoms with Crippen LogP contribution in [0.5, 0.6) is 0 Å². The Bertz CT molecular complexity index is 628. The SMILES string of the molecule is O=C(c1ccnc(Cl)c1)c1cnccc1C(F)(F)F. The Morgan fingerprint density at radius 1 is 1.21 bits per heavy atom. The van der Waals surface area contributed by atoms with Crippen molar-refractivity contribution in [1.82, 2.24) is 9.97 Å². The van der Waals surface area contributed by atoms with E-state index in [-0.39, 0.29) is 10.7 Å². The van der Waals surface area contributed by atoms with Gasteiger partial charge in [-0.3, -0.25) is 9.78 Å². The van der Waals surface area contributed by atoms with E-state index in [4.69, 9.17) is 11.6 Å². The quantitative estimate of drug-likeness (QED) is 0.628. The van der Waals surface area contributed by atoms with Crippen LogP contribution in [0.25, 0.3) is 0 Å². The van der Waals surface area contributed by atoms with E-state index in [1.807, 2.05) is 0 Å². The van der Waals surface area contributed by atoms with Crippen molar-refractivity contribution in [2.75, 3.05) is 0 Å². The highest BCUT2D eigenvalue weighted by Gasteiger charge is 2.35. The van der Waals surface area contributed by atoms with E-state index in [0.29, 0.717) is 0 Å². The molecule has 7 heteroatoms. The molecule has 0 radical (unpaired) electrons. The van der Waals surface area contributed by atoms with Crippen LogP contribution in [0.3, 0.4) is 0 Å². The maximum absolute atomic E-state index is 12.8. The van der Waals surface area contributed by atoms with E-state index in [2.05, 4.69) is 9.97 Å². The summed E-state index contributed by atoms with van der Waals surface area (Å²) in [5.74, 6) is -0.801. The molecule has 0 spiro atoms. The minimum Gasteiger partial charge on any atom is -0.289 e. The maximum atomic E-state index is 12.8. The normalized spacial score (nSPS) is 11.4. The van der Waals surface area contributed by atoms with Gasteiger partial charge in [0.25, 0.3) is 0 Å². The van der Waals surface area contributed by atoms with Gasteiger partial charge in [0.2, 0.25) is 0 Å². The van der Waals surface area contributed by atoms with Crippen molar-refractivity contribution in [3.8, 4) is 0 Å². The van der Waals surface area contributed by atoms with Gasteiger partial charge >= 0.3 is 6.18 Å². The number of hydrogen-bond acceptors (Lipinski definition) is 3. The highest BCUT2D eigenvalue weighted by molar-refractivity contribution is 6.30. The van der Waals surface area contributed by atoms with Crippen molar-refractivity contribution < 1.29 is 18.0 Å². The Morgan fingerprint density at radius 3 is 2.58 bits per heavy atom. The van der Waals surface area contributed by atoms with Crippen molar-refractivity contribution in [2.24, 2.45) is 0 Å². The van der Waals surface area contributed by atoms with Crippen LogP contribution < -0.4 is 0 Å². The first-order chi connectivity index (χ1) is 8.89. The van der Waals surface area contributed by atoms with Crippen molar-refractivity contribution in [3.63, 3.8) is 0 Å². The number of carbonyl (C=O) groups is 1. The Labute approximate surface area is 111 Å². The largest absolute Gasteiger partial charge is 0.417 e. The van der Waals surface area contributed by atoms with Crippen molar-refractivity contribution in [1.29, 1.82) is 0 Å². The number of halogens is 4. The highest BCUT2D eigenvalue weighted by Crippen LogP contribution is 2.32. The van der Waals surface area contributed by atoms with Gasteiger partial charge < -0.3 is 0 Å². The fourth-order valence-electron chi connectivity index (χ4n) is 1.52. The Balaban J connectivity index is 2.51. The van der Waals surface area contributed by atoms with Crippen LogP contribution in [0.4, 0.5) is 13.2 Å². The molecule has 0 fully saturated rings. The Kier molecular flexibility index (Phi) is 3.53. The van der Waals surface area contributed by atoms with Crippen LogP contribution in [0.2, 0.25) is 5.15 Å². The molecular weight excluding hydrogens is 281 g/mol. The molecule has 0 N–H and O–H groups in total. The lowest BCUT2D eigenvalue weighted by Gasteiger charge is -2.11. The summed E-state index contributed by atoms with van der Waals surface area (Å²) in [4.78, 5) is 19.3. The van der Waals surface area contributed by atoms with E-state index < -0.39 is 23.1 Å². The van der Waals surface area contributed by atoms with Gasteiger partial charge in [0, 0.05) is 24.2 Å². The van der Waals surface area contributed by atoms with E-state index in [1.165, 1.54) is 18.3 Å². The molecule has 2 heterocycles. The first-order valence-corrected chi connectivity index (χ1v) is 5.45. The zero-order valence-corrected chi connectivity index (χ0v) is 10.0. The minimum absolute atomic E-state index is 0.0264. The van der Waals surface area contributed by atoms with Crippen LogP contribution in [-0.2, 0) is 6.18 Å². The number of alkyl halides is 3. The summed E-state index contributed by atoms with van der Waals surface area (Å²) in [6.45, 7) is 0. The molecule has 0 aliphatic rings. The molecule has 0 amide bonds. The highest BCUT2D eigenvalue weighted by atomic mass is 35.5. The lowest BCUT2D eigenvalue weighted by Crippen LogP contribution is -2.14. The third-order valence-electron chi connectivity index (χ3n) is 2.36. The average molecular weight is 287 g/mol. The monoisotopic (exact) mass is 286 g/mol. The molecule has 0 aliphatic carbocycles. The summed E-state index contributed by atoms with van der Waals surface area (Å²) >= 11 is 5.60. The lowest BCUT2D eigenvalue weighted by atomic mass is 10.0. The molecule has 19 heavy (non-hydrogen) atoms. The van der Waals surface area contributed by atoms with Crippen molar-refractivity contribution in [3.05, 3.63) is 58.6 Å². The predicted octanol–water partition coefficient (Wildman–Crippen LogP) is 3.38. The van der Waals surface area contributed by atoms with Crippen molar-refractivity contribution in [2.45, 2.75) is 6.18 Å². The number of carbonyl (C=O) groups excluding carboxylic acids is 1. The maximum Gasteiger partial charge on any atom is 0.417 e. The van der Waals surface area contributed by atoms with Crippen LogP contribution in [0.15, 0.2) is 36.8 Å².